The van der Waals surface area contributed by atoms with E-state index in [2.05, 4.69) is 10.1 Å². The van der Waals surface area contributed by atoms with Gasteiger partial charge in [0.25, 0.3) is 11.8 Å². The number of hydrogen-bond acceptors (Lipinski definition) is 8. The average Bonchev–Trinajstić information content (AvgIpc) is 3.51. The SMILES string of the molecule is CCOc1cncc(-c2cnn(-c3cc(C(=O)N4CCN(c5ccc(C(=O)NS(C)(=O)=O)cc5)CC4)cc(C(F)(F)F)c3)c2)c1. The van der Waals surface area contributed by atoms with Crippen molar-refractivity contribution in [3.8, 4) is 22.6 Å². The van der Waals surface area contributed by atoms with E-state index in [0.717, 1.165) is 24.1 Å². The molecule has 5 rings (SSSR count). The van der Waals surface area contributed by atoms with Crippen LogP contribution in [0.1, 0.15) is 33.2 Å². The smallest absolute Gasteiger partial charge is 0.416 e. The Labute approximate surface area is 257 Å². The van der Waals surface area contributed by atoms with Gasteiger partial charge in [0.1, 0.15) is 5.75 Å². The van der Waals surface area contributed by atoms with Crippen LogP contribution in [0.5, 0.6) is 5.75 Å². The molecule has 2 amide bonds. The van der Waals surface area contributed by atoms with Crippen LogP contribution in [-0.2, 0) is 16.2 Å². The molecule has 2 aromatic heterocycles. The Kier molecular flexibility index (Phi) is 8.82. The Balaban J connectivity index is 1.32. The summed E-state index contributed by atoms with van der Waals surface area (Å²) in [5, 5.41) is 4.25. The van der Waals surface area contributed by atoms with E-state index in [0.29, 0.717) is 36.6 Å². The number of benzene rings is 2. The first-order chi connectivity index (χ1) is 21.3. The lowest BCUT2D eigenvalue weighted by molar-refractivity contribution is -0.137. The minimum Gasteiger partial charge on any atom is -0.492 e. The van der Waals surface area contributed by atoms with Gasteiger partial charge in [-0.25, -0.2) is 17.8 Å². The first-order valence-electron chi connectivity index (χ1n) is 13.8. The number of nitrogens with zero attached hydrogens (tertiary/aromatic N) is 5. The molecule has 2 aromatic carbocycles. The lowest BCUT2D eigenvalue weighted by Gasteiger charge is -2.36. The van der Waals surface area contributed by atoms with Gasteiger partial charge in [-0.1, -0.05) is 0 Å². The van der Waals surface area contributed by atoms with Crippen molar-refractivity contribution < 1.29 is 35.9 Å². The monoisotopic (exact) mass is 642 g/mol. The number of carbonyl (C=O) groups is 2. The van der Waals surface area contributed by atoms with Crippen molar-refractivity contribution in [3.05, 3.63) is 90.0 Å². The van der Waals surface area contributed by atoms with Crippen molar-refractivity contribution >= 4 is 27.5 Å². The van der Waals surface area contributed by atoms with Crippen LogP contribution < -0.4 is 14.4 Å². The van der Waals surface area contributed by atoms with Crippen molar-refractivity contribution in [3.63, 3.8) is 0 Å². The molecule has 0 bridgehead atoms. The number of hydrogen-bond donors (Lipinski definition) is 1. The molecule has 1 aliphatic rings. The normalized spacial score (nSPS) is 13.9. The Bertz CT molecular complexity index is 1820. The molecular formula is C30H29F3N6O5S. The molecule has 0 spiro atoms. The lowest BCUT2D eigenvalue weighted by atomic mass is 10.1. The Morgan fingerprint density at radius 3 is 2.27 bits per heavy atom. The molecule has 3 heterocycles. The fraction of sp³-hybridized carbons (Fsp3) is 0.267. The molecule has 1 saturated heterocycles. The first kappa shape index (κ1) is 31.5. The van der Waals surface area contributed by atoms with Crippen molar-refractivity contribution in [1.82, 2.24) is 24.4 Å². The highest BCUT2D eigenvalue weighted by atomic mass is 32.2. The van der Waals surface area contributed by atoms with Crippen LogP contribution in [-0.4, -0.2) is 78.9 Å². The first-order valence-corrected chi connectivity index (χ1v) is 15.7. The summed E-state index contributed by atoms with van der Waals surface area (Å²) in [4.78, 5) is 33.1. The Hall–Kier alpha value is -4.92. The van der Waals surface area contributed by atoms with E-state index in [1.54, 1.807) is 36.8 Å². The third kappa shape index (κ3) is 7.60. The Morgan fingerprint density at radius 1 is 0.911 bits per heavy atom. The summed E-state index contributed by atoms with van der Waals surface area (Å²) in [7, 11) is -3.70. The third-order valence-corrected chi connectivity index (χ3v) is 7.59. The van der Waals surface area contributed by atoms with Gasteiger partial charge in [0.2, 0.25) is 10.0 Å². The van der Waals surface area contributed by atoms with E-state index in [1.165, 1.54) is 34.0 Å². The predicted octanol–water partition coefficient (Wildman–Crippen LogP) is 4.00. The number of halogens is 3. The van der Waals surface area contributed by atoms with Gasteiger partial charge in [-0.3, -0.25) is 14.6 Å². The molecule has 1 fully saturated rings. The summed E-state index contributed by atoms with van der Waals surface area (Å²) in [5.74, 6) is -0.751. The maximum absolute atomic E-state index is 13.9. The maximum Gasteiger partial charge on any atom is 0.416 e. The minimum absolute atomic E-state index is 0.0759. The van der Waals surface area contributed by atoms with E-state index < -0.39 is 33.6 Å². The number of ether oxygens (including phenoxy) is 1. The summed E-state index contributed by atoms with van der Waals surface area (Å²) >= 11 is 0. The van der Waals surface area contributed by atoms with E-state index in [9.17, 15) is 31.2 Å². The van der Waals surface area contributed by atoms with Gasteiger partial charge < -0.3 is 14.5 Å². The molecule has 0 radical (unpaired) electrons. The standard InChI is InChI=1S/C30H29F3N6O5S/c1-3-44-27-14-22(16-34-18-27)23-17-35-39(19-23)26-13-21(12-24(15-26)30(31,32)33)29(41)38-10-8-37(9-11-38)25-6-4-20(5-7-25)28(40)36-45(2,42)43/h4-7,12-19H,3,8-11H2,1-2H3,(H,36,40). The van der Waals surface area contributed by atoms with E-state index in [1.807, 2.05) is 16.5 Å². The van der Waals surface area contributed by atoms with Crippen LogP contribution in [0.2, 0.25) is 0 Å². The molecule has 15 heteroatoms. The highest BCUT2D eigenvalue weighted by Gasteiger charge is 2.33. The maximum atomic E-state index is 13.9. The van der Waals surface area contributed by atoms with Crippen LogP contribution in [0.25, 0.3) is 16.8 Å². The zero-order valence-electron chi connectivity index (χ0n) is 24.3. The second kappa shape index (κ2) is 12.6. The van der Waals surface area contributed by atoms with Gasteiger partial charge in [-0.15, -0.1) is 0 Å². The summed E-state index contributed by atoms with van der Waals surface area (Å²) in [6.07, 6.45) is 2.40. The predicted molar refractivity (Wildman–Crippen MR) is 160 cm³/mol. The molecule has 0 unspecified atom stereocenters. The third-order valence-electron chi connectivity index (χ3n) is 7.04. The molecule has 11 nitrogen and oxygen atoms in total. The van der Waals surface area contributed by atoms with Gasteiger partial charge in [-0.05, 0) is 55.5 Å². The van der Waals surface area contributed by atoms with Crippen LogP contribution >= 0.6 is 0 Å². The topological polar surface area (TPSA) is 127 Å². The minimum atomic E-state index is -4.69. The largest absolute Gasteiger partial charge is 0.492 e. The van der Waals surface area contributed by atoms with E-state index in [4.69, 9.17) is 4.74 Å². The highest BCUT2D eigenvalue weighted by molar-refractivity contribution is 7.89. The summed E-state index contributed by atoms with van der Waals surface area (Å²) < 4.78 is 73.1. The molecule has 0 saturated carbocycles. The number of amides is 2. The van der Waals surface area contributed by atoms with Gasteiger partial charge >= 0.3 is 6.18 Å². The average molecular weight is 643 g/mol. The molecule has 236 valence electrons. The van der Waals surface area contributed by atoms with E-state index >= 15 is 0 Å². The Morgan fingerprint density at radius 2 is 1.62 bits per heavy atom. The molecule has 1 N–H and O–H groups in total. The summed E-state index contributed by atoms with van der Waals surface area (Å²) in [6, 6.07) is 11.2. The molecule has 1 aliphatic heterocycles. The molecule has 45 heavy (non-hydrogen) atoms. The van der Waals surface area contributed by atoms with Crippen molar-refractivity contribution in [2.45, 2.75) is 13.1 Å². The zero-order valence-corrected chi connectivity index (χ0v) is 25.1. The van der Waals surface area contributed by atoms with E-state index in [-0.39, 0.29) is 29.9 Å². The van der Waals surface area contributed by atoms with Gasteiger partial charge in [0.05, 0.1) is 36.5 Å². The second-order valence-electron chi connectivity index (χ2n) is 10.3. The number of alkyl halides is 3. The van der Waals surface area contributed by atoms with Crippen molar-refractivity contribution in [1.29, 1.82) is 0 Å². The van der Waals surface area contributed by atoms with Crippen LogP contribution in [0.15, 0.2) is 73.3 Å². The number of aromatic nitrogens is 3. The molecule has 4 aromatic rings. The number of carbonyl (C=O) groups excluding carboxylic acids is 2. The number of piperazine rings is 1. The number of pyridine rings is 1. The van der Waals surface area contributed by atoms with Gasteiger partial charge in [0.15, 0.2) is 0 Å². The lowest BCUT2D eigenvalue weighted by Crippen LogP contribution is -2.48. The van der Waals surface area contributed by atoms with Crippen LogP contribution in [0, 0.1) is 0 Å². The highest BCUT2D eigenvalue weighted by Crippen LogP contribution is 2.33. The molecule has 0 atom stereocenters. The van der Waals surface area contributed by atoms with Crippen molar-refractivity contribution in [2.75, 3.05) is 43.9 Å². The van der Waals surface area contributed by atoms with Crippen molar-refractivity contribution in [2.24, 2.45) is 0 Å². The summed E-state index contributed by atoms with van der Waals surface area (Å²) in [5.41, 5.74) is 1.17. The zero-order chi connectivity index (χ0) is 32.4. The van der Waals surface area contributed by atoms with Gasteiger partial charge in [0, 0.05) is 66.5 Å². The van der Waals surface area contributed by atoms with Crippen LogP contribution in [0.4, 0.5) is 18.9 Å². The number of nitrogens with one attached hydrogen (secondary N) is 1. The van der Waals surface area contributed by atoms with Crippen LogP contribution in [0.3, 0.4) is 0 Å². The number of sulfonamides is 1. The second-order valence-corrected chi connectivity index (χ2v) is 12.1. The summed E-state index contributed by atoms with van der Waals surface area (Å²) in [6.45, 7) is 3.56. The molecular weight excluding hydrogens is 613 g/mol. The fourth-order valence-corrected chi connectivity index (χ4v) is 5.32. The van der Waals surface area contributed by atoms with Gasteiger partial charge in [-0.2, -0.15) is 18.3 Å². The quantitative estimate of drug-likeness (QED) is 0.306. The number of rotatable bonds is 8. The fourth-order valence-electron chi connectivity index (χ4n) is 4.87. The molecule has 0 aliphatic carbocycles. The number of anilines is 1.